The molecule has 1 aliphatic heterocycles. The van der Waals surface area contributed by atoms with Gasteiger partial charge in [-0.25, -0.2) is 4.98 Å². The number of aryl methyl sites for hydroxylation is 1. The molecule has 1 atom stereocenters. The number of pyridine rings is 1. The van der Waals surface area contributed by atoms with Gasteiger partial charge in [-0.15, -0.1) is 0 Å². The summed E-state index contributed by atoms with van der Waals surface area (Å²) in [5.41, 5.74) is 2.84. The van der Waals surface area contributed by atoms with Crippen molar-refractivity contribution in [2.45, 2.75) is 32.6 Å². The summed E-state index contributed by atoms with van der Waals surface area (Å²) in [5.74, 6) is 1.27. The Morgan fingerprint density at radius 2 is 2.19 bits per heavy atom. The molecule has 0 aliphatic carbocycles. The lowest BCUT2D eigenvalue weighted by Crippen LogP contribution is -2.38. The summed E-state index contributed by atoms with van der Waals surface area (Å²) in [6, 6.07) is 14.0. The molecular formula is C22H26N4O. The third-order valence-corrected chi connectivity index (χ3v) is 5.31. The van der Waals surface area contributed by atoms with Crippen molar-refractivity contribution >= 4 is 17.9 Å². The van der Waals surface area contributed by atoms with Crippen LogP contribution in [0.2, 0.25) is 0 Å². The quantitative estimate of drug-likeness (QED) is 0.703. The number of nitrogens with zero attached hydrogens (tertiary/aromatic N) is 4. The third kappa shape index (κ3) is 4.46. The zero-order chi connectivity index (χ0) is 19.1. The largest absolute Gasteiger partial charge is 0.355 e. The van der Waals surface area contributed by atoms with Crippen LogP contribution in [-0.2, 0) is 11.2 Å². The highest BCUT2D eigenvalue weighted by atomic mass is 16.1. The maximum atomic E-state index is 11.7. The van der Waals surface area contributed by atoms with Crippen molar-refractivity contribution < 1.29 is 4.79 Å². The normalized spacial score (nSPS) is 16.6. The maximum Gasteiger partial charge on any atom is 0.214 e. The van der Waals surface area contributed by atoms with Gasteiger partial charge in [0.1, 0.15) is 11.9 Å². The van der Waals surface area contributed by atoms with E-state index in [4.69, 9.17) is 0 Å². The first-order valence-electron chi connectivity index (χ1n) is 9.66. The van der Waals surface area contributed by atoms with Crippen LogP contribution in [0.1, 0.15) is 37.3 Å². The van der Waals surface area contributed by atoms with E-state index in [9.17, 15) is 10.1 Å². The summed E-state index contributed by atoms with van der Waals surface area (Å²) in [6.07, 6.45) is 6.78. The van der Waals surface area contributed by atoms with Gasteiger partial charge in [0.2, 0.25) is 6.41 Å². The molecule has 5 heteroatoms. The van der Waals surface area contributed by atoms with Gasteiger partial charge in [0.15, 0.2) is 0 Å². The Kier molecular flexibility index (Phi) is 6.43. The van der Waals surface area contributed by atoms with Crippen molar-refractivity contribution in [2.75, 3.05) is 29.4 Å². The fourth-order valence-corrected chi connectivity index (χ4v) is 3.87. The van der Waals surface area contributed by atoms with Gasteiger partial charge in [0, 0.05) is 31.5 Å². The van der Waals surface area contributed by atoms with Crippen LogP contribution in [0.15, 0.2) is 42.6 Å². The molecule has 1 amide bonds. The van der Waals surface area contributed by atoms with Gasteiger partial charge in [-0.2, -0.15) is 5.26 Å². The Bertz CT molecular complexity index is 814. The van der Waals surface area contributed by atoms with Gasteiger partial charge in [-0.05, 0) is 55.4 Å². The van der Waals surface area contributed by atoms with E-state index >= 15 is 0 Å². The third-order valence-electron chi connectivity index (χ3n) is 5.31. The zero-order valence-electron chi connectivity index (χ0n) is 15.8. The Morgan fingerprint density at radius 3 is 2.96 bits per heavy atom. The Balaban J connectivity index is 1.65. The first-order valence-corrected chi connectivity index (χ1v) is 9.66. The first-order chi connectivity index (χ1) is 13.3. The van der Waals surface area contributed by atoms with E-state index < -0.39 is 0 Å². The second kappa shape index (κ2) is 9.18. The fraction of sp³-hybridized carbons (Fsp3) is 0.409. The van der Waals surface area contributed by atoms with Gasteiger partial charge >= 0.3 is 0 Å². The van der Waals surface area contributed by atoms with Gasteiger partial charge in [0.25, 0.3) is 0 Å². The van der Waals surface area contributed by atoms with E-state index in [1.54, 1.807) is 12.3 Å². The van der Waals surface area contributed by atoms with Gasteiger partial charge in [-0.3, -0.25) is 4.79 Å². The van der Waals surface area contributed by atoms with Crippen LogP contribution in [0, 0.1) is 17.2 Å². The molecular weight excluding hydrogens is 336 g/mol. The molecule has 2 heterocycles. The monoisotopic (exact) mass is 362 g/mol. The Morgan fingerprint density at radius 1 is 1.33 bits per heavy atom. The van der Waals surface area contributed by atoms with Crippen molar-refractivity contribution in [1.29, 1.82) is 5.26 Å². The van der Waals surface area contributed by atoms with Gasteiger partial charge in [-0.1, -0.05) is 25.1 Å². The minimum Gasteiger partial charge on any atom is -0.355 e. The molecule has 5 nitrogen and oxygen atoms in total. The number of hydrogen-bond donors (Lipinski definition) is 0. The number of nitriles is 1. The zero-order valence-corrected chi connectivity index (χ0v) is 15.8. The molecule has 1 aromatic heterocycles. The van der Waals surface area contributed by atoms with Crippen LogP contribution in [-0.4, -0.2) is 31.0 Å². The summed E-state index contributed by atoms with van der Waals surface area (Å²) < 4.78 is 0. The minimum atomic E-state index is 0.489. The second-order valence-electron chi connectivity index (χ2n) is 7.01. The standard InChI is InChI=1S/C22H26N4O/c1-2-19-8-3-4-10-21(19)26(17-27)14-11-18-7-6-13-25(16-18)22-20(15-23)9-5-12-24-22/h3-5,8-10,12,17-18H,2,6-7,11,13-14,16H2,1H3. The Hall–Kier alpha value is -2.87. The fourth-order valence-electron chi connectivity index (χ4n) is 3.87. The van der Waals surface area contributed by atoms with Gasteiger partial charge in [0.05, 0.1) is 5.56 Å². The number of piperidine rings is 1. The van der Waals surface area contributed by atoms with Gasteiger partial charge < -0.3 is 9.80 Å². The molecule has 1 unspecified atom stereocenters. The molecule has 1 fully saturated rings. The van der Waals surface area contributed by atoms with E-state index in [0.717, 1.165) is 56.7 Å². The number of amides is 1. The second-order valence-corrected chi connectivity index (χ2v) is 7.01. The molecule has 2 aromatic rings. The SMILES string of the molecule is CCc1ccccc1N(C=O)CCC1CCCN(c2ncccc2C#N)C1. The molecule has 0 N–H and O–H groups in total. The lowest BCUT2D eigenvalue weighted by atomic mass is 9.94. The van der Waals surface area contributed by atoms with Crippen LogP contribution >= 0.6 is 0 Å². The smallest absolute Gasteiger partial charge is 0.214 e. The summed E-state index contributed by atoms with van der Waals surface area (Å²) in [7, 11) is 0. The first kappa shape index (κ1) is 18.9. The topological polar surface area (TPSA) is 60.2 Å². The number of aromatic nitrogens is 1. The summed E-state index contributed by atoms with van der Waals surface area (Å²) in [4.78, 5) is 20.2. The van der Waals surface area contributed by atoms with Crippen LogP contribution in [0.3, 0.4) is 0 Å². The number of rotatable bonds is 7. The number of para-hydroxylation sites is 1. The van der Waals surface area contributed by atoms with Crippen LogP contribution in [0.5, 0.6) is 0 Å². The predicted octanol–water partition coefficient (Wildman–Crippen LogP) is 3.79. The van der Waals surface area contributed by atoms with Crippen molar-refractivity contribution in [3.8, 4) is 6.07 Å². The summed E-state index contributed by atoms with van der Waals surface area (Å²) >= 11 is 0. The van der Waals surface area contributed by atoms with E-state index in [1.807, 2.05) is 29.2 Å². The summed E-state index contributed by atoms with van der Waals surface area (Å²) in [5, 5.41) is 9.34. The highest BCUT2D eigenvalue weighted by Gasteiger charge is 2.23. The van der Waals surface area contributed by atoms with Crippen molar-refractivity contribution in [1.82, 2.24) is 4.98 Å². The average Bonchev–Trinajstić information content (AvgIpc) is 2.74. The average molecular weight is 362 g/mol. The van der Waals surface area contributed by atoms with E-state index in [1.165, 1.54) is 5.56 Å². The predicted molar refractivity (Wildman–Crippen MR) is 108 cm³/mol. The molecule has 27 heavy (non-hydrogen) atoms. The molecule has 0 spiro atoms. The van der Waals surface area contributed by atoms with E-state index in [0.29, 0.717) is 18.0 Å². The van der Waals surface area contributed by atoms with E-state index in [-0.39, 0.29) is 0 Å². The molecule has 0 saturated carbocycles. The highest BCUT2D eigenvalue weighted by molar-refractivity contribution is 5.77. The lowest BCUT2D eigenvalue weighted by Gasteiger charge is -2.34. The molecule has 0 radical (unpaired) electrons. The number of carbonyl (C=O) groups is 1. The van der Waals surface area contributed by atoms with Crippen LogP contribution in [0.4, 0.5) is 11.5 Å². The lowest BCUT2D eigenvalue weighted by molar-refractivity contribution is -0.107. The highest BCUT2D eigenvalue weighted by Crippen LogP contribution is 2.27. The molecule has 1 aliphatic rings. The van der Waals surface area contributed by atoms with Crippen molar-refractivity contribution in [2.24, 2.45) is 5.92 Å². The molecule has 1 saturated heterocycles. The number of carbonyl (C=O) groups excluding carboxylic acids is 1. The number of benzene rings is 1. The molecule has 140 valence electrons. The summed E-state index contributed by atoms with van der Waals surface area (Å²) in [6.45, 7) is 4.64. The van der Waals surface area contributed by atoms with Crippen molar-refractivity contribution in [3.05, 3.63) is 53.7 Å². The van der Waals surface area contributed by atoms with Crippen LogP contribution in [0.25, 0.3) is 0 Å². The number of anilines is 2. The molecule has 0 bridgehead atoms. The van der Waals surface area contributed by atoms with Crippen molar-refractivity contribution in [3.63, 3.8) is 0 Å². The minimum absolute atomic E-state index is 0.489. The number of hydrogen-bond acceptors (Lipinski definition) is 4. The Labute approximate surface area is 161 Å². The molecule has 1 aromatic carbocycles. The van der Waals surface area contributed by atoms with E-state index in [2.05, 4.69) is 28.9 Å². The van der Waals surface area contributed by atoms with Crippen LogP contribution < -0.4 is 9.80 Å². The maximum absolute atomic E-state index is 11.7. The molecule has 3 rings (SSSR count).